The standard InChI is InChI=1S/C45H48O7Si/c1-44(2,3)53(38-26-16-8-17-27-38,39-28-18-9-19-29-39)49-33-37-30-31-40(48-32-34-20-10-5-11-21-34)45(4,52-42(47)36-24-14-7-15-25-36)43(50-37)51-41(46)35-22-12-6-13-23-35/h5-29,37,40,43H,30-33H2,1-4H3/t37-,40+,43?,45+/m0/s1. The van der Waals surface area contributed by atoms with Gasteiger partial charge in [-0.3, -0.25) is 0 Å². The summed E-state index contributed by atoms with van der Waals surface area (Å²) < 4.78 is 33.4. The van der Waals surface area contributed by atoms with Gasteiger partial charge in [-0.15, -0.1) is 0 Å². The zero-order valence-electron chi connectivity index (χ0n) is 30.9. The van der Waals surface area contributed by atoms with Crippen LogP contribution < -0.4 is 10.4 Å². The predicted octanol–water partition coefficient (Wildman–Crippen LogP) is 8.13. The van der Waals surface area contributed by atoms with Gasteiger partial charge in [-0.2, -0.15) is 0 Å². The van der Waals surface area contributed by atoms with E-state index >= 15 is 0 Å². The molecule has 53 heavy (non-hydrogen) atoms. The summed E-state index contributed by atoms with van der Waals surface area (Å²) >= 11 is 0. The molecule has 5 aromatic rings. The molecule has 1 heterocycles. The molecular formula is C45H48O7Si. The molecule has 0 aromatic heterocycles. The Morgan fingerprint density at radius 3 is 1.66 bits per heavy atom. The van der Waals surface area contributed by atoms with Gasteiger partial charge in [0.1, 0.15) is 6.10 Å². The fourth-order valence-electron chi connectivity index (χ4n) is 7.11. The lowest BCUT2D eigenvalue weighted by Gasteiger charge is -2.44. The van der Waals surface area contributed by atoms with Crippen molar-refractivity contribution in [2.45, 2.75) is 76.3 Å². The summed E-state index contributed by atoms with van der Waals surface area (Å²) in [5.74, 6) is -1.18. The maximum atomic E-state index is 13.8. The lowest BCUT2D eigenvalue weighted by molar-refractivity contribution is -0.249. The fraction of sp³-hybridized carbons (Fsp3) is 0.289. The minimum atomic E-state index is -2.94. The van der Waals surface area contributed by atoms with Gasteiger partial charge in [0.2, 0.25) is 6.29 Å². The molecule has 6 rings (SSSR count). The van der Waals surface area contributed by atoms with Crippen LogP contribution in [0.3, 0.4) is 0 Å². The molecule has 8 heteroatoms. The van der Waals surface area contributed by atoms with E-state index in [2.05, 4.69) is 69.3 Å². The molecule has 1 saturated heterocycles. The Morgan fingerprint density at radius 1 is 0.679 bits per heavy atom. The second-order valence-corrected chi connectivity index (χ2v) is 18.9. The van der Waals surface area contributed by atoms with Gasteiger partial charge in [0.15, 0.2) is 5.60 Å². The molecule has 1 fully saturated rings. The van der Waals surface area contributed by atoms with Crippen molar-refractivity contribution < 1.29 is 33.0 Å². The van der Waals surface area contributed by atoms with E-state index in [0.717, 1.165) is 15.9 Å². The second-order valence-electron chi connectivity index (χ2n) is 14.6. The summed E-state index contributed by atoms with van der Waals surface area (Å²) in [6, 6.07) is 48.1. The van der Waals surface area contributed by atoms with E-state index in [1.165, 1.54) is 0 Å². The molecule has 274 valence electrons. The lowest BCUT2D eigenvalue weighted by atomic mass is 9.94. The third kappa shape index (κ3) is 8.69. The Kier molecular flexibility index (Phi) is 12.1. The molecule has 4 atom stereocenters. The van der Waals surface area contributed by atoms with Crippen LogP contribution in [0, 0.1) is 0 Å². The molecule has 1 aliphatic heterocycles. The highest BCUT2D eigenvalue weighted by atomic mass is 28.4. The number of benzene rings is 5. The summed E-state index contributed by atoms with van der Waals surface area (Å²) in [5, 5.41) is 2.02. The van der Waals surface area contributed by atoms with E-state index in [0.29, 0.717) is 24.0 Å². The van der Waals surface area contributed by atoms with Crippen molar-refractivity contribution in [1.82, 2.24) is 0 Å². The van der Waals surface area contributed by atoms with Crippen LogP contribution in [-0.2, 0) is 30.0 Å². The van der Waals surface area contributed by atoms with Gasteiger partial charge in [-0.1, -0.05) is 148 Å². The van der Waals surface area contributed by atoms with E-state index in [1.807, 2.05) is 54.6 Å². The minimum Gasteiger partial charge on any atom is -0.446 e. The number of carbonyl (C=O) groups excluding carboxylic acids is 2. The number of carbonyl (C=O) groups is 2. The molecule has 0 saturated carbocycles. The SMILES string of the molecule is CC(C)(C)[Si](OC[C@@H]1CC[C@@H](OCc2ccccc2)[C@@](C)(OC(=O)c2ccccc2)C(OC(=O)c2ccccc2)O1)(c1ccccc1)c1ccccc1. The average molecular weight is 729 g/mol. The van der Waals surface area contributed by atoms with Crippen LogP contribution in [0.25, 0.3) is 0 Å². The lowest BCUT2D eigenvalue weighted by Crippen LogP contribution is -2.67. The van der Waals surface area contributed by atoms with E-state index < -0.39 is 44.4 Å². The first-order valence-corrected chi connectivity index (χ1v) is 20.1. The van der Waals surface area contributed by atoms with Gasteiger partial charge in [0, 0.05) is 0 Å². The van der Waals surface area contributed by atoms with Crippen molar-refractivity contribution in [3.8, 4) is 0 Å². The molecule has 0 spiro atoms. The maximum Gasteiger partial charge on any atom is 0.340 e. The number of hydrogen-bond acceptors (Lipinski definition) is 7. The monoisotopic (exact) mass is 728 g/mol. The van der Waals surface area contributed by atoms with E-state index in [4.69, 9.17) is 23.4 Å². The van der Waals surface area contributed by atoms with Crippen LogP contribution in [0.15, 0.2) is 152 Å². The summed E-state index contributed by atoms with van der Waals surface area (Å²) in [4.78, 5) is 27.6. The van der Waals surface area contributed by atoms with Crippen molar-refractivity contribution >= 4 is 30.6 Å². The largest absolute Gasteiger partial charge is 0.446 e. The van der Waals surface area contributed by atoms with Gasteiger partial charge in [0.05, 0.1) is 30.4 Å². The van der Waals surface area contributed by atoms with Crippen LogP contribution in [-0.4, -0.2) is 51.0 Å². The predicted molar refractivity (Wildman–Crippen MR) is 209 cm³/mol. The summed E-state index contributed by atoms with van der Waals surface area (Å²) in [6.45, 7) is 8.88. The molecule has 5 aromatic carbocycles. The van der Waals surface area contributed by atoms with Crippen molar-refractivity contribution in [3.05, 3.63) is 168 Å². The molecule has 0 bridgehead atoms. The van der Waals surface area contributed by atoms with Crippen LogP contribution >= 0.6 is 0 Å². The highest BCUT2D eigenvalue weighted by Crippen LogP contribution is 2.39. The first kappa shape index (κ1) is 37.9. The number of ether oxygens (including phenoxy) is 4. The molecule has 7 nitrogen and oxygen atoms in total. The normalized spacial score (nSPS) is 20.6. The Morgan fingerprint density at radius 2 is 1.15 bits per heavy atom. The first-order chi connectivity index (χ1) is 25.6. The summed E-state index contributed by atoms with van der Waals surface area (Å²) in [7, 11) is -2.94. The highest BCUT2D eigenvalue weighted by Gasteiger charge is 2.54. The zero-order chi connectivity index (χ0) is 37.3. The quantitative estimate of drug-likeness (QED) is 0.0949. The molecule has 1 aliphatic rings. The van der Waals surface area contributed by atoms with Gasteiger partial charge in [0.25, 0.3) is 8.32 Å². The van der Waals surface area contributed by atoms with Gasteiger partial charge in [-0.05, 0) is 65.0 Å². The van der Waals surface area contributed by atoms with Crippen molar-refractivity contribution in [3.63, 3.8) is 0 Å². The average Bonchev–Trinajstić information content (AvgIpc) is 3.30. The van der Waals surface area contributed by atoms with Gasteiger partial charge < -0.3 is 23.4 Å². The molecule has 0 N–H and O–H groups in total. The van der Waals surface area contributed by atoms with Crippen LogP contribution in [0.5, 0.6) is 0 Å². The smallest absolute Gasteiger partial charge is 0.340 e. The first-order valence-electron chi connectivity index (χ1n) is 18.2. The topological polar surface area (TPSA) is 80.3 Å². The number of esters is 2. The second kappa shape index (κ2) is 16.9. The van der Waals surface area contributed by atoms with E-state index in [9.17, 15) is 9.59 Å². The molecule has 1 unspecified atom stereocenters. The van der Waals surface area contributed by atoms with E-state index in [1.54, 1.807) is 55.5 Å². The minimum absolute atomic E-state index is 0.209. The van der Waals surface area contributed by atoms with Crippen LogP contribution in [0.1, 0.15) is 66.8 Å². The number of hydrogen-bond donors (Lipinski definition) is 0. The maximum absolute atomic E-state index is 13.8. The summed E-state index contributed by atoms with van der Waals surface area (Å²) in [5.41, 5.74) is 0.121. The van der Waals surface area contributed by atoms with Crippen LogP contribution in [0.2, 0.25) is 5.04 Å². The number of rotatable bonds is 12. The molecule has 0 radical (unpaired) electrons. The van der Waals surface area contributed by atoms with E-state index in [-0.39, 0.29) is 18.3 Å². The highest BCUT2D eigenvalue weighted by molar-refractivity contribution is 6.99. The van der Waals surface area contributed by atoms with Crippen molar-refractivity contribution in [1.29, 1.82) is 0 Å². The Balaban J connectivity index is 1.38. The Bertz CT molecular complexity index is 1860. The van der Waals surface area contributed by atoms with Crippen LogP contribution in [0.4, 0.5) is 0 Å². The molecule has 0 aliphatic carbocycles. The Labute approximate surface area is 314 Å². The third-order valence-electron chi connectivity index (χ3n) is 9.92. The summed E-state index contributed by atoms with van der Waals surface area (Å²) in [6.07, 6.45) is -1.64. The van der Waals surface area contributed by atoms with Crippen molar-refractivity contribution in [2.75, 3.05) is 6.61 Å². The van der Waals surface area contributed by atoms with Gasteiger partial charge >= 0.3 is 11.9 Å². The molecule has 0 amide bonds. The zero-order valence-corrected chi connectivity index (χ0v) is 31.9. The third-order valence-corrected chi connectivity index (χ3v) is 14.9. The van der Waals surface area contributed by atoms with Gasteiger partial charge in [-0.25, -0.2) is 9.59 Å². The molecular weight excluding hydrogens is 681 g/mol. The van der Waals surface area contributed by atoms with Crippen molar-refractivity contribution in [2.24, 2.45) is 0 Å². The Hall–Kier alpha value is -4.86. The fourth-order valence-corrected chi connectivity index (χ4v) is 11.7.